The van der Waals surface area contributed by atoms with Gasteiger partial charge in [0.2, 0.25) is 0 Å². The molecule has 0 bridgehead atoms. The Kier molecular flexibility index (Phi) is 2.79. The third-order valence-corrected chi connectivity index (χ3v) is 4.61. The van der Waals surface area contributed by atoms with Crippen LogP contribution in [-0.4, -0.2) is 17.6 Å². The van der Waals surface area contributed by atoms with E-state index in [1.165, 1.54) is 11.3 Å². The van der Waals surface area contributed by atoms with Crippen LogP contribution in [0.15, 0.2) is 30.3 Å². The van der Waals surface area contributed by atoms with E-state index in [-0.39, 0.29) is 0 Å². The number of ketones is 1. The molecule has 5 heteroatoms. The van der Waals surface area contributed by atoms with Crippen LogP contribution in [0.4, 0.5) is 5.00 Å². The van der Waals surface area contributed by atoms with Gasteiger partial charge in [-0.15, -0.1) is 11.3 Å². The van der Waals surface area contributed by atoms with Crippen molar-refractivity contribution in [2.75, 3.05) is 4.90 Å². The minimum atomic E-state index is -0.761. The number of hydrogen-bond donors (Lipinski definition) is 0. The molecule has 0 aliphatic carbocycles. The summed E-state index contributed by atoms with van der Waals surface area (Å²) < 4.78 is 0. The first-order chi connectivity index (χ1) is 9.52. The summed E-state index contributed by atoms with van der Waals surface area (Å²) >= 11 is 1.31. The third-order valence-electron chi connectivity index (χ3n) is 3.42. The Balaban J connectivity index is 2.12. The molecule has 3 rings (SSSR count). The van der Waals surface area contributed by atoms with Crippen LogP contribution in [0.3, 0.4) is 0 Å². The van der Waals surface area contributed by atoms with Gasteiger partial charge in [-0.1, -0.05) is 18.2 Å². The highest BCUT2D eigenvalue weighted by atomic mass is 32.1. The zero-order valence-corrected chi connectivity index (χ0v) is 11.8. The Morgan fingerprint density at radius 3 is 2.40 bits per heavy atom. The topological polar surface area (TPSA) is 54.5 Å². The van der Waals surface area contributed by atoms with Crippen LogP contribution < -0.4 is 4.90 Å². The maximum Gasteiger partial charge on any atom is 0.307 e. The first-order valence-electron chi connectivity index (χ1n) is 6.10. The molecule has 4 nitrogen and oxygen atoms in total. The van der Waals surface area contributed by atoms with E-state index >= 15 is 0 Å². The van der Waals surface area contributed by atoms with Crippen molar-refractivity contribution in [3.05, 3.63) is 51.9 Å². The van der Waals surface area contributed by atoms with E-state index in [0.29, 0.717) is 16.1 Å². The Labute approximate surface area is 119 Å². The van der Waals surface area contributed by atoms with Crippen molar-refractivity contribution in [3.8, 4) is 0 Å². The minimum absolute atomic E-state index is 0.377. The molecule has 2 amide bonds. The summed E-state index contributed by atoms with van der Waals surface area (Å²) in [4.78, 5) is 38.5. The number of aryl methyl sites for hydroxylation is 1. The average Bonchev–Trinajstić information content (AvgIpc) is 2.87. The summed E-state index contributed by atoms with van der Waals surface area (Å²) in [6.45, 7) is 3.67. The van der Waals surface area contributed by atoms with E-state index in [1.807, 2.05) is 6.92 Å². The number of Topliss-reactive ketones (excluding diaryl/α,β-unsaturated/α-hetero) is 1. The van der Waals surface area contributed by atoms with Gasteiger partial charge in [-0.05, 0) is 31.5 Å². The van der Waals surface area contributed by atoms with E-state index in [1.54, 1.807) is 37.3 Å². The van der Waals surface area contributed by atoms with Gasteiger partial charge in [0.25, 0.3) is 11.7 Å². The smallest absolute Gasteiger partial charge is 0.283 e. The fourth-order valence-electron chi connectivity index (χ4n) is 2.23. The predicted molar refractivity (Wildman–Crippen MR) is 76.4 cm³/mol. The number of anilines is 1. The molecule has 0 saturated heterocycles. The first-order valence-corrected chi connectivity index (χ1v) is 6.92. The Hall–Kier alpha value is -2.27. The number of nitrogens with zero attached hydrogens (tertiary/aromatic N) is 1. The summed E-state index contributed by atoms with van der Waals surface area (Å²) in [6.07, 6.45) is 0. The molecule has 20 heavy (non-hydrogen) atoms. The van der Waals surface area contributed by atoms with Crippen molar-refractivity contribution in [2.45, 2.75) is 13.8 Å². The molecule has 0 N–H and O–H groups in total. The number of imide groups is 1. The molecule has 1 aromatic heterocycles. The van der Waals surface area contributed by atoms with Gasteiger partial charge in [0, 0.05) is 10.4 Å². The second kappa shape index (κ2) is 4.38. The van der Waals surface area contributed by atoms with E-state index in [2.05, 4.69) is 0 Å². The third kappa shape index (κ3) is 1.63. The van der Waals surface area contributed by atoms with Gasteiger partial charge < -0.3 is 0 Å². The lowest BCUT2D eigenvalue weighted by atomic mass is 10.1. The number of hydrogen-bond acceptors (Lipinski definition) is 4. The lowest BCUT2D eigenvalue weighted by molar-refractivity contribution is -0.113. The molecular weight excluding hydrogens is 274 g/mol. The Bertz CT molecular complexity index is 746. The lowest BCUT2D eigenvalue weighted by Gasteiger charge is -2.12. The average molecular weight is 285 g/mol. The largest absolute Gasteiger partial charge is 0.307 e. The van der Waals surface area contributed by atoms with E-state index in [0.717, 1.165) is 15.3 Å². The van der Waals surface area contributed by atoms with Crippen LogP contribution in [0.2, 0.25) is 0 Å². The molecular formula is C15H11NO3S. The molecule has 1 aliphatic heterocycles. The molecule has 0 atom stereocenters. The van der Waals surface area contributed by atoms with Gasteiger partial charge in [-0.2, -0.15) is 0 Å². The van der Waals surface area contributed by atoms with Gasteiger partial charge in [0.1, 0.15) is 5.00 Å². The standard InChI is InChI=1S/C15H11NO3S/c1-8-9(2)20-15-11(8)12(17)14(19)16(15)13(18)10-6-4-3-5-7-10/h3-7H,1-2H3. The maximum absolute atomic E-state index is 12.4. The highest BCUT2D eigenvalue weighted by molar-refractivity contribution is 7.18. The fourth-order valence-corrected chi connectivity index (χ4v) is 3.38. The number of amides is 2. The van der Waals surface area contributed by atoms with Crippen LogP contribution in [-0.2, 0) is 4.79 Å². The highest BCUT2D eigenvalue weighted by Crippen LogP contribution is 2.41. The molecule has 2 heterocycles. The highest BCUT2D eigenvalue weighted by Gasteiger charge is 2.43. The maximum atomic E-state index is 12.4. The van der Waals surface area contributed by atoms with Crippen molar-refractivity contribution in [2.24, 2.45) is 0 Å². The van der Waals surface area contributed by atoms with Crippen molar-refractivity contribution in [3.63, 3.8) is 0 Å². The SMILES string of the molecule is Cc1sc2c(c1C)C(=O)C(=O)N2C(=O)c1ccccc1. The van der Waals surface area contributed by atoms with Crippen LogP contribution in [0.25, 0.3) is 0 Å². The van der Waals surface area contributed by atoms with Crippen LogP contribution in [0.1, 0.15) is 31.2 Å². The normalized spacial score (nSPS) is 13.8. The number of fused-ring (bicyclic) bond motifs is 1. The molecule has 0 spiro atoms. The fraction of sp³-hybridized carbons (Fsp3) is 0.133. The molecule has 0 fully saturated rings. The van der Waals surface area contributed by atoms with Crippen LogP contribution in [0.5, 0.6) is 0 Å². The monoisotopic (exact) mass is 285 g/mol. The lowest BCUT2D eigenvalue weighted by Crippen LogP contribution is -2.35. The summed E-state index contributed by atoms with van der Waals surface area (Å²) in [6, 6.07) is 8.50. The van der Waals surface area contributed by atoms with Crippen molar-refractivity contribution in [1.29, 1.82) is 0 Å². The van der Waals surface area contributed by atoms with E-state index in [4.69, 9.17) is 0 Å². The molecule has 0 unspecified atom stereocenters. The van der Waals surface area contributed by atoms with Crippen molar-refractivity contribution in [1.82, 2.24) is 0 Å². The predicted octanol–water partition coefficient (Wildman–Crippen LogP) is 2.73. The van der Waals surface area contributed by atoms with Gasteiger partial charge in [0.15, 0.2) is 0 Å². The second-order valence-corrected chi connectivity index (χ2v) is 5.81. The molecule has 0 radical (unpaired) electrons. The summed E-state index contributed by atoms with van der Waals surface area (Å²) in [5.41, 5.74) is 1.55. The summed E-state index contributed by atoms with van der Waals surface area (Å²) in [5, 5.41) is 0.448. The zero-order valence-electron chi connectivity index (χ0n) is 11.0. The summed E-state index contributed by atoms with van der Waals surface area (Å²) in [5.74, 6) is -1.81. The van der Waals surface area contributed by atoms with Gasteiger partial charge in [0.05, 0.1) is 5.56 Å². The number of rotatable bonds is 1. The molecule has 2 aromatic rings. The number of carbonyl (C=O) groups is 3. The molecule has 1 aromatic carbocycles. The molecule has 1 aliphatic rings. The van der Waals surface area contributed by atoms with E-state index in [9.17, 15) is 14.4 Å². The Morgan fingerprint density at radius 1 is 1.10 bits per heavy atom. The zero-order chi connectivity index (χ0) is 14.4. The van der Waals surface area contributed by atoms with Gasteiger partial charge in [-0.3, -0.25) is 14.4 Å². The minimum Gasteiger partial charge on any atom is -0.283 e. The van der Waals surface area contributed by atoms with Gasteiger partial charge in [-0.25, -0.2) is 4.90 Å². The number of benzene rings is 1. The quantitative estimate of drug-likeness (QED) is 0.598. The molecule has 100 valence electrons. The van der Waals surface area contributed by atoms with Crippen molar-refractivity contribution >= 4 is 33.9 Å². The number of carbonyl (C=O) groups excluding carboxylic acids is 3. The summed E-state index contributed by atoms with van der Waals surface area (Å²) in [7, 11) is 0. The van der Waals surface area contributed by atoms with Gasteiger partial charge >= 0.3 is 5.91 Å². The first kappa shape index (κ1) is 12.7. The number of thiophene rings is 1. The van der Waals surface area contributed by atoms with E-state index < -0.39 is 17.6 Å². The second-order valence-electron chi connectivity index (χ2n) is 4.60. The van der Waals surface area contributed by atoms with Crippen LogP contribution in [0, 0.1) is 13.8 Å². The Morgan fingerprint density at radius 2 is 1.75 bits per heavy atom. The van der Waals surface area contributed by atoms with Crippen molar-refractivity contribution < 1.29 is 14.4 Å². The molecule has 0 saturated carbocycles. The van der Waals surface area contributed by atoms with Crippen LogP contribution >= 0.6 is 11.3 Å².